The number of hydrogen-bond acceptors (Lipinski definition) is 2. The minimum absolute atomic E-state index is 0.189. The first-order valence-electron chi connectivity index (χ1n) is 6.00. The fourth-order valence-corrected chi connectivity index (χ4v) is 1.83. The van der Waals surface area contributed by atoms with Crippen molar-refractivity contribution in [1.29, 1.82) is 0 Å². The summed E-state index contributed by atoms with van der Waals surface area (Å²) in [5.41, 5.74) is 1.55. The molecule has 0 saturated heterocycles. The van der Waals surface area contributed by atoms with Crippen LogP contribution in [0.1, 0.15) is 32.3 Å². The largest absolute Gasteiger partial charge is 0.497 e. The van der Waals surface area contributed by atoms with E-state index in [1.54, 1.807) is 7.11 Å². The molecular weight excluding hydrogens is 198 g/mol. The van der Waals surface area contributed by atoms with Gasteiger partial charge in [0.25, 0.3) is 0 Å². The monoisotopic (exact) mass is 219 g/mol. The maximum absolute atomic E-state index is 5.17. The van der Waals surface area contributed by atoms with E-state index < -0.39 is 0 Å². The zero-order valence-corrected chi connectivity index (χ0v) is 10.4. The Hall–Kier alpha value is -1.02. The van der Waals surface area contributed by atoms with E-state index in [0.717, 1.165) is 18.3 Å². The highest BCUT2D eigenvalue weighted by atomic mass is 16.5. The van der Waals surface area contributed by atoms with E-state index >= 15 is 0 Å². The predicted octanol–water partition coefficient (Wildman–Crippen LogP) is 2.72. The van der Waals surface area contributed by atoms with Crippen molar-refractivity contribution in [2.24, 2.45) is 0 Å². The number of benzene rings is 1. The normalized spacial score (nSPS) is 16.2. The van der Waals surface area contributed by atoms with E-state index in [9.17, 15) is 0 Å². The lowest BCUT2D eigenvalue weighted by atomic mass is 9.84. The quantitative estimate of drug-likeness (QED) is 0.822. The molecule has 1 fully saturated rings. The van der Waals surface area contributed by atoms with E-state index in [0.29, 0.717) is 0 Å². The van der Waals surface area contributed by atoms with E-state index in [4.69, 9.17) is 4.74 Å². The summed E-state index contributed by atoms with van der Waals surface area (Å²) in [6, 6.07) is 9.17. The summed E-state index contributed by atoms with van der Waals surface area (Å²) in [7, 11) is 1.70. The second-order valence-corrected chi connectivity index (χ2v) is 5.27. The van der Waals surface area contributed by atoms with Gasteiger partial charge >= 0.3 is 0 Å². The summed E-state index contributed by atoms with van der Waals surface area (Å²) in [6.45, 7) is 5.61. The molecule has 0 aromatic heterocycles. The highest BCUT2D eigenvalue weighted by molar-refractivity contribution is 5.31. The van der Waals surface area contributed by atoms with Gasteiger partial charge in [0.05, 0.1) is 7.11 Å². The minimum Gasteiger partial charge on any atom is -0.497 e. The average Bonchev–Trinajstić information content (AvgIpc) is 3.10. The molecule has 1 aliphatic rings. The molecule has 2 rings (SSSR count). The van der Waals surface area contributed by atoms with Gasteiger partial charge < -0.3 is 10.1 Å². The number of nitrogens with one attached hydrogen (secondary N) is 1. The first-order chi connectivity index (χ1) is 7.62. The first kappa shape index (κ1) is 11.5. The third-order valence-corrected chi connectivity index (χ3v) is 3.28. The van der Waals surface area contributed by atoms with Crippen molar-refractivity contribution >= 4 is 0 Å². The Morgan fingerprint density at radius 1 is 1.25 bits per heavy atom. The third-order valence-electron chi connectivity index (χ3n) is 3.28. The first-order valence-corrected chi connectivity index (χ1v) is 6.00. The molecule has 88 valence electrons. The molecule has 0 spiro atoms. The summed E-state index contributed by atoms with van der Waals surface area (Å²) in [6.07, 6.45) is 2.69. The second kappa shape index (κ2) is 4.46. The van der Waals surface area contributed by atoms with Gasteiger partial charge in [0.2, 0.25) is 0 Å². The molecular formula is C14H21NO. The number of hydrogen-bond donors (Lipinski definition) is 1. The van der Waals surface area contributed by atoms with Gasteiger partial charge in [-0.1, -0.05) is 26.0 Å². The van der Waals surface area contributed by atoms with Crippen LogP contribution in [0.4, 0.5) is 0 Å². The lowest BCUT2D eigenvalue weighted by Gasteiger charge is -2.26. The highest BCUT2D eigenvalue weighted by Crippen LogP contribution is 2.26. The van der Waals surface area contributed by atoms with Gasteiger partial charge in [0.15, 0.2) is 0 Å². The predicted molar refractivity (Wildman–Crippen MR) is 67.0 cm³/mol. The van der Waals surface area contributed by atoms with Crippen molar-refractivity contribution in [2.45, 2.75) is 38.1 Å². The van der Waals surface area contributed by atoms with Gasteiger partial charge in [0.1, 0.15) is 5.75 Å². The summed E-state index contributed by atoms with van der Waals surface area (Å²) < 4.78 is 5.17. The van der Waals surface area contributed by atoms with Crippen LogP contribution in [0, 0.1) is 0 Å². The van der Waals surface area contributed by atoms with Crippen molar-refractivity contribution in [3.05, 3.63) is 29.8 Å². The van der Waals surface area contributed by atoms with Crippen LogP contribution in [0.5, 0.6) is 5.75 Å². The smallest absolute Gasteiger partial charge is 0.118 e. The van der Waals surface area contributed by atoms with Crippen molar-refractivity contribution in [3.63, 3.8) is 0 Å². The fraction of sp³-hybridized carbons (Fsp3) is 0.571. The summed E-state index contributed by atoms with van der Waals surface area (Å²) in [5.74, 6) is 0.926. The lowest BCUT2D eigenvalue weighted by molar-refractivity contribution is 0.413. The molecule has 0 atom stereocenters. The molecule has 1 N–H and O–H groups in total. The van der Waals surface area contributed by atoms with Gasteiger partial charge in [-0.2, -0.15) is 0 Å². The fourth-order valence-electron chi connectivity index (χ4n) is 1.83. The average molecular weight is 219 g/mol. The molecule has 0 aliphatic heterocycles. The standard InChI is InChI=1S/C14H21NO/c1-14(2,10-15-12-6-7-12)11-4-8-13(16-3)9-5-11/h4-5,8-9,12,15H,6-7,10H2,1-3H3. The molecule has 16 heavy (non-hydrogen) atoms. The SMILES string of the molecule is COc1ccc(C(C)(C)CNC2CC2)cc1. The van der Waals surface area contributed by atoms with Gasteiger partial charge in [-0.25, -0.2) is 0 Å². The molecule has 0 heterocycles. The van der Waals surface area contributed by atoms with Crippen molar-refractivity contribution in [1.82, 2.24) is 5.32 Å². The van der Waals surface area contributed by atoms with Crippen molar-refractivity contribution in [2.75, 3.05) is 13.7 Å². The van der Waals surface area contributed by atoms with Gasteiger partial charge in [-0.15, -0.1) is 0 Å². The Bertz CT molecular complexity index is 338. The molecule has 1 aromatic rings. The molecule has 1 aromatic carbocycles. The number of ether oxygens (including phenoxy) is 1. The zero-order valence-electron chi connectivity index (χ0n) is 10.4. The number of methoxy groups -OCH3 is 1. The Balaban J connectivity index is 2.01. The van der Waals surface area contributed by atoms with Gasteiger partial charge in [-0.05, 0) is 30.5 Å². The highest BCUT2D eigenvalue weighted by Gasteiger charge is 2.26. The van der Waals surface area contributed by atoms with Crippen LogP contribution < -0.4 is 10.1 Å². The van der Waals surface area contributed by atoms with Gasteiger partial charge in [0, 0.05) is 18.0 Å². The van der Waals surface area contributed by atoms with E-state index in [1.165, 1.54) is 18.4 Å². The van der Waals surface area contributed by atoms with Crippen LogP contribution in [-0.2, 0) is 5.41 Å². The molecule has 0 radical (unpaired) electrons. The van der Waals surface area contributed by atoms with Crippen LogP contribution in [0.2, 0.25) is 0 Å². The van der Waals surface area contributed by atoms with Crippen molar-refractivity contribution in [3.8, 4) is 5.75 Å². The van der Waals surface area contributed by atoms with Crippen LogP contribution in [0.25, 0.3) is 0 Å². The van der Waals surface area contributed by atoms with E-state index in [-0.39, 0.29) is 5.41 Å². The molecule has 0 unspecified atom stereocenters. The molecule has 0 amide bonds. The molecule has 1 aliphatic carbocycles. The van der Waals surface area contributed by atoms with Gasteiger partial charge in [-0.3, -0.25) is 0 Å². The lowest BCUT2D eigenvalue weighted by Crippen LogP contribution is -2.34. The Morgan fingerprint density at radius 2 is 1.88 bits per heavy atom. The molecule has 0 bridgehead atoms. The number of rotatable bonds is 5. The zero-order chi connectivity index (χ0) is 11.6. The van der Waals surface area contributed by atoms with Crippen LogP contribution in [0.15, 0.2) is 24.3 Å². The molecule has 2 nitrogen and oxygen atoms in total. The Kier molecular flexibility index (Phi) is 3.20. The van der Waals surface area contributed by atoms with Crippen molar-refractivity contribution < 1.29 is 4.74 Å². The van der Waals surface area contributed by atoms with Crippen LogP contribution in [0.3, 0.4) is 0 Å². The molecule has 1 saturated carbocycles. The molecule has 2 heteroatoms. The third kappa shape index (κ3) is 2.76. The summed E-state index contributed by atoms with van der Waals surface area (Å²) in [5, 5.41) is 3.59. The van der Waals surface area contributed by atoms with E-state index in [2.05, 4.69) is 31.3 Å². The minimum atomic E-state index is 0.189. The maximum Gasteiger partial charge on any atom is 0.118 e. The van der Waals surface area contributed by atoms with Crippen LogP contribution >= 0.6 is 0 Å². The second-order valence-electron chi connectivity index (χ2n) is 5.27. The van der Waals surface area contributed by atoms with Crippen LogP contribution in [-0.4, -0.2) is 19.7 Å². The topological polar surface area (TPSA) is 21.3 Å². The maximum atomic E-state index is 5.17. The van der Waals surface area contributed by atoms with E-state index in [1.807, 2.05) is 12.1 Å². The Labute approximate surface area is 98.0 Å². The summed E-state index contributed by atoms with van der Waals surface area (Å²) >= 11 is 0. The Morgan fingerprint density at radius 3 is 2.38 bits per heavy atom. The summed E-state index contributed by atoms with van der Waals surface area (Å²) in [4.78, 5) is 0.